The van der Waals surface area contributed by atoms with Gasteiger partial charge in [-0.15, -0.1) is 10.9 Å². The molecule has 0 radical (unpaired) electrons. The fourth-order valence-corrected chi connectivity index (χ4v) is 3.19. The minimum atomic E-state index is 1.45. The van der Waals surface area contributed by atoms with Gasteiger partial charge in [-0.2, -0.15) is 0 Å². The standard InChI is InChI=1S/C11H17B7/c1-2-5(12)3-4(7(14)6(2)13)9(16)11(18)10(17)8(3)15/h12-18H2,1H3. The van der Waals surface area contributed by atoms with Crippen LogP contribution in [-0.2, 0) is 0 Å². The Hall–Kier alpha value is -0.845. The van der Waals surface area contributed by atoms with Crippen molar-refractivity contribution >= 4 is 104 Å². The lowest BCUT2D eigenvalue weighted by atomic mass is 9.59. The Labute approximate surface area is 117 Å². The third-order valence-electron chi connectivity index (χ3n) is 5.12. The largest absolute Gasteiger partial charge is 0.140 e. The summed E-state index contributed by atoms with van der Waals surface area (Å²) < 4.78 is 0. The summed E-state index contributed by atoms with van der Waals surface area (Å²) in [7, 11) is 15.8. The van der Waals surface area contributed by atoms with Crippen LogP contribution in [0.25, 0.3) is 10.8 Å². The second-order valence-electron chi connectivity index (χ2n) is 5.75. The molecule has 18 heavy (non-hydrogen) atoms. The average Bonchev–Trinajstić information content (AvgIpc) is 2.35. The molecular formula is C11H17B7. The molecular weight excluding hydrogens is 208 g/mol. The summed E-state index contributed by atoms with van der Waals surface area (Å²) in [5, 5.41) is 2.97. The van der Waals surface area contributed by atoms with Gasteiger partial charge >= 0.3 is 0 Å². The van der Waals surface area contributed by atoms with E-state index in [1.54, 1.807) is 0 Å². The van der Waals surface area contributed by atoms with Gasteiger partial charge in [0.05, 0.1) is 0 Å². The topological polar surface area (TPSA) is 0 Å². The van der Waals surface area contributed by atoms with Crippen LogP contribution >= 0.6 is 0 Å². The van der Waals surface area contributed by atoms with E-state index in [4.69, 9.17) is 0 Å². The molecule has 7 heteroatoms. The zero-order valence-corrected chi connectivity index (χ0v) is 13.0. The van der Waals surface area contributed by atoms with E-state index in [9.17, 15) is 0 Å². The van der Waals surface area contributed by atoms with E-state index in [-0.39, 0.29) is 0 Å². The minimum Gasteiger partial charge on any atom is -0.101 e. The predicted molar refractivity (Wildman–Crippen MR) is 106 cm³/mol. The fraction of sp³-hybridized carbons (Fsp3) is 0.0909. The van der Waals surface area contributed by atoms with Gasteiger partial charge in [0.15, 0.2) is 0 Å². The van der Waals surface area contributed by atoms with Crippen molar-refractivity contribution in [1.29, 1.82) is 0 Å². The number of rotatable bonds is 0. The van der Waals surface area contributed by atoms with Crippen molar-refractivity contribution in [2.24, 2.45) is 0 Å². The molecule has 0 aliphatic rings. The molecule has 0 aromatic heterocycles. The van der Waals surface area contributed by atoms with Crippen LogP contribution in [0.1, 0.15) is 5.56 Å². The molecule has 0 spiro atoms. The van der Waals surface area contributed by atoms with Crippen LogP contribution in [0.15, 0.2) is 0 Å². The van der Waals surface area contributed by atoms with Gasteiger partial charge in [0.2, 0.25) is 0 Å². The first-order chi connectivity index (χ1) is 8.29. The number of hydrogen-bond donors (Lipinski definition) is 0. The van der Waals surface area contributed by atoms with Gasteiger partial charge in [0, 0.05) is 0 Å². The minimum absolute atomic E-state index is 1.45. The number of fused-ring (bicyclic) bond motifs is 1. The van der Waals surface area contributed by atoms with E-state index in [2.05, 4.69) is 61.8 Å². The molecule has 0 atom stereocenters. The lowest BCUT2D eigenvalue weighted by molar-refractivity contribution is 1.61. The van der Waals surface area contributed by atoms with E-state index >= 15 is 0 Å². The molecule has 0 N–H and O–H groups in total. The van der Waals surface area contributed by atoms with Crippen molar-refractivity contribution in [2.45, 2.75) is 6.92 Å². The quantitative estimate of drug-likeness (QED) is 0.390. The van der Waals surface area contributed by atoms with Crippen LogP contribution in [0.2, 0.25) is 0 Å². The van der Waals surface area contributed by atoms with Crippen molar-refractivity contribution < 1.29 is 0 Å². The normalized spacial score (nSPS) is 10.9. The summed E-state index contributed by atoms with van der Waals surface area (Å²) in [5.74, 6) is 0. The number of benzene rings is 2. The molecule has 2 aromatic carbocycles. The summed E-state index contributed by atoms with van der Waals surface area (Å²) >= 11 is 0. The van der Waals surface area contributed by atoms with E-state index in [1.165, 1.54) is 54.6 Å². The van der Waals surface area contributed by atoms with E-state index < -0.39 is 0 Å². The monoisotopic (exact) mass is 226 g/mol. The highest BCUT2D eigenvalue weighted by Crippen LogP contribution is 2.02. The van der Waals surface area contributed by atoms with Gasteiger partial charge in [0.25, 0.3) is 0 Å². The highest BCUT2D eigenvalue weighted by molar-refractivity contribution is 6.71. The average molecular weight is 225 g/mol. The van der Waals surface area contributed by atoms with Crippen molar-refractivity contribution in [3.05, 3.63) is 5.56 Å². The van der Waals surface area contributed by atoms with Gasteiger partial charge in [-0.05, 0) is 17.7 Å². The lowest BCUT2D eigenvalue weighted by Crippen LogP contribution is -2.52. The maximum absolute atomic E-state index is 2.27. The van der Waals surface area contributed by atoms with Crippen molar-refractivity contribution in [2.75, 3.05) is 0 Å². The molecule has 0 fully saturated rings. The summed E-state index contributed by atoms with van der Waals surface area (Å²) in [6.45, 7) is 2.25. The zero-order chi connectivity index (χ0) is 13.8. The summed E-state index contributed by atoms with van der Waals surface area (Å²) in [6.07, 6.45) is 0. The first kappa shape index (κ1) is 13.6. The molecule has 0 bridgehead atoms. The van der Waals surface area contributed by atoms with Crippen LogP contribution in [0, 0.1) is 6.92 Å². The van der Waals surface area contributed by atoms with Crippen molar-refractivity contribution in [1.82, 2.24) is 0 Å². The van der Waals surface area contributed by atoms with Crippen LogP contribution in [0.3, 0.4) is 0 Å². The first-order valence-electron chi connectivity index (χ1n) is 6.75. The van der Waals surface area contributed by atoms with Crippen LogP contribution in [0.5, 0.6) is 0 Å². The maximum atomic E-state index is 2.27. The Kier molecular flexibility index (Phi) is 3.29. The van der Waals surface area contributed by atoms with Crippen LogP contribution in [0.4, 0.5) is 0 Å². The third-order valence-corrected chi connectivity index (χ3v) is 5.12. The summed E-state index contributed by atoms with van der Waals surface area (Å²) in [5.41, 5.74) is 11.6. The van der Waals surface area contributed by atoms with Gasteiger partial charge in [0.1, 0.15) is 54.9 Å². The molecule has 0 aliphatic heterocycles. The molecule has 2 aromatic rings. The second kappa shape index (κ2) is 4.36. The SMILES string of the molecule is Bc1c(B)c(B)c2c(B)c(C)c(B)c(B)c2c1B. The molecule has 0 amide bonds. The first-order valence-corrected chi connectivity index (χ1v) is 6.75. The molecule has 0 saturated heterocycles. The molecule has 0 heterocycles. The molecule has 0 nitrogen and oxygen atoms in total. The highest BCUT2D eigenvalue weighted by Gasteiger charge is 2.14. The van der Waals surface area contributed by atoms with Gasteiger partial charge < -0.3 is 0 Å². The lowest BCUT2D eigenvalue weighted by Gasteiger charge is -2.23. The summed E-state index contributed by atoms with van der Waals surface area (Å²) in [6, 6.07) is 0. The van der Waals surface area contributed by atoms with E-state index in [1.807, 2.05) is 0 Å². The van der Waals surface area contributed by atoms with Crippen molar-refractivity contribution in [3.63, 3.8) is 0 Å². The number of hydrogen-bond acceptors (Lipinski definition) is 0. The molecule has 82 valence electrons. The zero-order valence-electron chi connectivity index (χ0n) is 13.0. The van der Waals surface area contributed by atoms with Gasteiger partial charge in [-0.25, -0.2) is 0 Å². The van der Waals surface area contributed by atoms with Gasteiger partial charge in [-0.1, -0.05) is 32.9 Å². The van der Waals surface area contributed by atoms with Gasteiger partial charge in [-0.3, -0.25) is 0 Å². The molecule has 0 aliphatic carbocycles. The molecule has 0 unspecified atom stereocenters. The highest BCUT2D eigenvalue weighted by atomic mass is 14.1. The Morgan fingerprint density at radius 3 is 1.22 bits per heavy atom. The smallest absolute Gasteiger partial charge is 0.101 e. The Morgan fingerprint density at radius 1 is 0.444 bits per heavy atom. The molecule has 0 saturated carbocycles. The Balaban J connectivity index is 3.22. The van der Waals surface area contributed by atoms with E-state index in [0.717, 1.165) is 0 Å². The molecule has 2 rings (SSSR count). The third kappa shape index (κ3) is 1.63. The second-order valence-corrected chi connectivity index (χ2v) is 5.75. The van der Waals surface area contributed by atoms with Crippen LogP contribution in [-0.4, -0.2) is 54.9 Å². The fourth-order valence-electron chi connectivity index (χ4n) is 3.19. The predicted octanol–water partition coefficient (Wildman–Crippen LogP) is -9.04. The van der Waals surface area contributed by atoms with E-state index in [0.29, 0.717) is 0 Å². The van der Waals surface area contributed by atoms with Crippen molar-refractivity contribution in [3.8, 4) is 0 Å². The van der Waals surface area contributed by atoms with Crippen LogP contribution < -0.4 is 38.2 Å². The Morgan fingerprint density at radius 2 is 0.778 bits per heavy atom. The Bertz CT molecular complexity index is 562. The summed E-state index contributed by atoms with van der Waals surface area (Å²) in [4.78, 5) is 0. The maximum Gasteiger partial charge on any atom is 0.140 e.